The predicted molar refractivity (Wildman–Crippen MR) is 76.6 cm³/mol. The molecule has 4 nitrogen and oxygen atoms in total. The Morgan fingerprint density at radius 2 is 1.71 bits per heavy atom. The Hall–Kier alpha value is -2.82. The molecule has 0 radical (unpaired) electrons. The number of nitrogens with zero attached hydrogens (tertiary/aromatic N) is 2. The molecule has 0 N–H and O–H groups in total. The summed E-state index contributed by atoms with van der Waals surface area (Å²) >= 11 is 0. The van der Waals surface area contributed by atoms with Crippen LogP contribution in [-0.2, 0) is 0 Å². The van der Waals surface area contributed by atoms with Gasteiger partial charge in [-0.05, 0) is 24.3 Å². The summed E-state index contributed by atoms with van der Waals surface area (Å²) in [5.74, 6) is 0.892. The summed E-state index contributed by atoms with van der Waals surface area (Å²) in [7, 11) is 1.60. The third kappa shape index (κ3) is 2.72. The zero-order chi connectivity index (χ0) is 14.7. The Kier molecular flexibility index (Phi) is 3.55. The molecule has 0 fully saturated rings. The van der Waals surface area contributed by atoms with Gasteiger partial charge >= 0.3 is 0 Å². The Balaban J connectivity index is 1.89. The third-order valence-corrected chi connectivity index (χ3v) is 2.96. The first-order chi connectivity index (χ1) is 10.3. The summed E-state index contributed by atoms with van der Waals surface area (Å²) in [4.78, 5) is 0. The van der Waals surface area contributed by atoms with Crippen LogP contribution in [0.4, 0.5) is 4.39 Å². The summed E-state index contributed by atoms with van der Waals surface area (Å²) in [5, 5.41) is 4.21. The van der Waals surface area contributed by atoms with Crippen molar-refractivity contribution in [3.63, 3.8) is 0 Å². The lowest BCUT2D eigenvalue weighted by molar-refractivity contribution is 0.411. The van der Waals surface area contributed by atoms with Gasteiger partial charge in [-0.2, -0.15) is 5.10 Å². The van der Waals surface area contributed by atoms with Gasteiger partial charge in [-0.25, -0.2) is 9.07 Å². The van der Waals surface area contributed by atoms with Crippen molar-refractivity contribution in [3.05, 3.63) is 66.7 Å². The minimum atomic E-state index is -0.414. The Bertz CT molecular complexity index is 755. The van der Waals surface area contributed by atoms with Gasteiger partial charge in [0.25, 0.3) is 0 Å². The van der Waals surface area contributed by atoms with Crippen LogP contribution in [0.1, 0.15) is 0 Å². The first kappa shape index (κ1) is 13.2. The van der Waals surface area contributed by atoms with Gasteiger partial charge in [0, 0.05) is 0 Å². The molecule has 3 aromatic rings. The number of ether oxygens (including phenoxy) is 2. The second-order valence-corrected chi connectivity index (χ2v) is 4.32. The molecule has 0 saturated heterocycles. The van der Waals surface area contributed by atoms with Crippen molar-refractivity contribution in [1.82, 2.24) is 9.78 Å². The highest BCUT2D eigenvalue weighted by Crippen LogP contribution is 2.26. The number of halogens is 1. The molecule has 0 saturated carbocycles. The lowest BCUT2D eigenvalue weighted by atomic mass is 10.3. The van der Waals surface area contributed by atoms with Crippen LogP contribution in [-0.4, -0.2) is 16.9 Å². The number of hydrogen-bond acceptors (Lipinski definition) is 3. The van der Waals surface area contributed by atoms with Gasteiger partial charge in [-0.1, -0.05) is 24.3 Å². The van der Waals surface area contributed by atoms with Crippen LogP contribution in [0.3, 0.4) is 0 Å². The van der Waals surface area contributed by atoms with Crippen molar-refractivity contribution in [2.24, 2.45) is 0 Å². The van der Waals surface area contributed by atoms with Crippen LogP contribution in [0.25, 0.3) is 5.69 Å². The molecule has 0 amide bonds. The van der Waals surface area contributed by atoms with E-state index in [0.29, 0.717) is 11.5 Å². The van der Waals surface area contributed by atoms with Crippen LogP contribution in [0.2, 0.25) is 0 Å². The molecule has 21 heavy (non-hydrogen) atoms. The molecular weight excluding hydrogens is 271 g/mol. The molecule has 2 aromatic carbocycles. The van der Waals surface area contributed by atoms with Gasteiger partial charge in [0.2, 0.25) is 0 Å². The molecule has 0 spiro atoms. The average Bonchev–Trinajstić information content (AvgIpc) is 2.98. The van der Waals surface area contributed by atoms with Gasteiger partial charge in [0.05, 0.1) is 19.5 Å². The molecule has 1 aromatic heterocycles. The fourth-order valence-corrected chi connectivity index (χ4v) is 1.96. The molecule has 0 unspecified atom stereocenters. The molecule has 106 valence electrons. The highest BCUT2D eigenvalue weighted by Gasteiger charge is 2.09. The number of rotatable bonds is 4. The van der Waals surface area contributed by atoms with E-state index in [2.05, 4.69) is 5.10 Å². The van der Waals surface area contributed by atoms with Gasteiger partial charge in [-0.15, -0.1) is 0 Å². The van der Waals surface area contributed by atoms with Crippen LogP contribution >= 0.6 is 0 Å². The van der Waals surface area contributed by atoms with E-state index >= 15 is 0 Å². The van der Waals surface area contributed by atoms with E-state index in [1.807, 2.05) is 24.3 Å². The van der Waals surface area contributed by atoms with Crippen molar-refractivity contribution in [2.45, 2.75) is 0 Å². The maximum atomic E-state index is 13.6. The summed E-state index contributed by atoms with van der Waals surface area (Å²) < 4.78 is 25.9. The minimum Gasteiger partial charge on any atom is -0.494 e. The topological polar surface area (TPSA) is 36.3 Å². The lowest BCUT2D eigenvalue weighted by Gasteiger charge is -2.07. The normalized spacial score (nSPS) is 10.4. The largest absolute Gasteiger partial charge is 0.494 e. The van der Waals surface area contributed by atoms with Crippen molar-refractivity contribution in [1.29, 1.82) is 0 Å². The molecular formula is C16H13FN2O2. The number of benzene rings is 2. The standard InChI is InChI=1S/C16H13FN2O2/c1-20-16-9-5-3-7-14(16)19-11-12(10-18-19)21-15-8-4-2-6-13(15)17/h2-11H,1H3. The lowest BCUT2D eigenvalue weighted by Crippen LogP contribution is -1.97. The summed E-state index contributed by atoms with van der Waals surface area (Å²) in [6, 6.07) is 13.7. The van der Waals surface area contributed by atoms with E-state index in [1.54, 1.807) is 36.2 Å². The zero-order valence-electron chi connectivity index (χ0n) is 11.4. The highest BCUT2D eigenvalue weighted by molar-refractivity contribution is 5.46. The minimum absolute atomic E-state index is 0.164. The third-order valence-electron chi connectivity index (χ3n) is 2.96. The van der Waals surface area contributed by atoms with E-state index < -0.39 is 5.82 Å². The second kappa shape index (κ2) is 5.66. The summed E-state index contributed by atoms with van der Waals surface area (Å²) in [5.41, 5.74) is 0.781. The highest BCUT2D eigenvalue weighted by atomic mass is 19.1. The van der Waals surface area contributed by atoms with E-state index in [0.717, 1.165) is 5.69 Å². The van der Waals surface area contributed by atoms with Crippen molar-refractivity contribution in [2.75, 3.05) is 7.11 Å². The SMILES string of the molecule is COc1ccccc1-n1cc(Oc2ccccc2F)cn1. The Labute approximate surface area is 121 Å². The van der Waals surface area contributed by atoms with E-state index in [-0.39, 0.29) is 5.75 Å². The maximum absolute atomic E-state index is 13.6. The summed E-state index contributed by atoms with van der Waals surface area (Å²) in [6.07, 6.45) is 3.20. The quantitative estimate of drug-likeness (QED) is 0.731. The van der Waals surface area contributed by atoms with Crippen molar-refractivity contribution in [3.8, 4) is 22.9 Å². The number of aromatic nitrogens is 2. The molecule has 1 heterocycles. The first-order valence-electron chi connectivity index (χ1n) is 6.38. The molecule has 0 aliphatic rings. The van der Waals surface area contributed by atoms with Crippen LogP contribution in [0.5, 0.6) is 17.2 Å². The number of methoxy groups -OCH3 is 1. The predicted octanol–water partition coefficient (Wildman–Crippen LogP) is 3.81. The summed E-state index contributed by atoms with van der Waals surface area (Å²) in [6.45, 7) is 0. The smallest absolute Gasteiger partial charge is 0.165 e. The van der Waals surface area contributed by atoms with Crippen LogP contribution < -0.4 is 9.47 Å². The van der Waals surface area contributed by atoms with E-state index in [4.69, 9.17) is 9.47 Å². The monoisotopic (exact) mass is 284 g/mol. The van der Waals surface area contributed by atoms with Crippen molar-refractivity contribution >= 4 is 0 Å². The van der Waals surface area contributed by atoms with Gasteiger partial charge in [0.15, 0.2) is 17.3 Å². The maximum Gasteiger partial charge on any atom is 0.165 e. The number of para-hydroxylation sites is 3. The van der Waals surface area contributed by atoms with Gasteiger partial charge in [0.1, 0.15) is 11.4 Å². The Morgan fingerprint density at radius 3 is 2.48 bits per heavy atom. The van der Waals surface area contributed by atoms with Gasteiger partial charge in [-0.3, -0.25) is 0 Å². The molecule has 0 bridgehead atoms. The fraction of sp³-hybridized carbons (Fsp3) is 0.0625. The van der Waals surface area contributed by atoms with E-state index in [1.165, 1.54) is 12.3 Å². The van der Waals surface area contributed by atoms with Crippen LogP contribution in [0.15, 0.2) is 60.9 Å². The molecule has 5 heteroatoms. The second-order valence-electron chi connectivity index (χ2n) is 4.32. The first-order valence-corrected chi connectivity index (χ1v) is 6.38. The molecule has 0 aliphatic carbocycles. The molecule has 0 atom stereocenters. The zero-order valence-corrected chi connectivity index (χ0v) is 11.4. The van der Waals surface area contributed by atoms with Crippen LogP contribution in [0, 0.1) is 5.82 Å². The molecule has 3 rings (SSSR count). The fourth-order valence-electron chi connectivity index (χ4n) is 1.96. The molecule has 0 aliphatic heterocycles. The number of hydrogen-bond donors (Lipinski definition) is 0. The Morgan fingerprint density at radius 1 is 1.00 bits per heavy atom. The average molecular weight is 284 g/mol. The van der Waals surface area contributed by atoms with Gasteiger partial charge < -0.3 is 9.47 Å². The van der Waals surface area contributed by atoms with E-state index in [9.17, 15) is 4.39 Å². The van der Waals surface area contributed by atoms with Crippen molar-refractivity contribution < 1.29 is 13.9 Å².